The molecule has 2 amide bonds. The molecule has 5 heteroatoms. The maximum Gasteiger partial charge on any atom is 0.256 e. The van der Waals surface area contributed by atoms with Crippen molar-refractivity contribution in [3.05, 3.63) is 59.1 Å². The van der Waals surface area contributed by atoms with Crippen LogP contribution < -0.4 is 10.2 Å². The molecule has 3 rings (SSSR count). The number of nitrogens with zero attached hydrogens (tertiary/aromatic N) is 1. The number of halogens is 1. The Labute approximate surface area is 140 Å². The van der Waals surface area contributed by atoms with Crippen molar-refractivity contribution in [1.82, 2.24) is 0 Å². The van der Waals surface area contributed by atoms with Gasteiger partial charge in [-0.15, -0.1) is 0 Å². The standard InChI is InChI=1S/C18H17ClN2O2/c1-2-12-7-3-6-10-16(12)21-17(22)11-15(18(21)23)20-14-9-5-4-8-13(14)19/h3-10,15,20H,2,11H2,1H3. The van der Waals surface area contributed by atoms with E-state index in [1.54, 1.807) is 12.1 Å². The number of rotatable bonds is 4. The number of hydrogen-bond donors (Lipinski definition) is 1. The second-order valence-corrected chi connectivity index (χ2v) is 5.84. The van der Waals surface area contributed by atoms with E-state index in [2.05, 4.69) is 5.32 Å². The number of aryl methyl sites for hydroxylation is 1. The Morgan fingerprint density at radius 2 is 1.83 bits per heavy atom. The minimum Gasteiger partial charge on any atom is -0.372 e. The first-order valence-corrected chi connectivity index (χ1v) is 7.95. The van der Waals surface area contributed by atoms with E-state index in [9.17, 15) is 9.59 Å². The van der Waals surface area contributed by atoms with Crippen molar-refractivity contribution in [3.63, 3.8) is 0 Å². The molecule has 1 aliphatic heterocycles. The molecule has 118 valence electrons. The van der Waals surface area contributed by atoms with Crippen LogP contribution in [-0.2, 0) is 16.0 Å². The second kappa shape index (κ2) is 6.42. The summed E-state index contributed by atoms with van der Waals surface area (Å²) in [5.74, 6) is -0.434. The Morgan fingerprint density at radius 3 is 2.57 bits per heavy atom. The largest absolute Gasteiger partial charge is 0.372 e. The number of amides is 2. The third-order valence-corrected chi connectivity index (χ3v) is 4.29. The van der Waals surface area contributed by atoms with Crippen molar-refractivity contribution in [2.45, 2.75) is 25.8 Å². The molecule has 0 spiro atoms. The highest BCUT2D eigenvalue weighted by Crippen LogP contribution is 2.29. The van der Waals surface area contributed by atoms with Gasteiger partial charge in [0.2, 0.25) is 5.91 Å². The third-order valence-electron chi connectivity index (χ3n) is 3.96. The lowest BCUT2D eigenvalue weighted by Crippen LogP contribution is -2.35. The summed E-state index contributed by atoms with van der Waals surface area (Å²) in [5, 5.41) is 3.61. The predicted molar refractivity (Wildman–Crippen MR) is 91.8 cm³/mol. The number of carbonyl (C=O) groups excluding carboxylic acids is 2. The zero-order chi connectivity index (χ0) is 16.4. The second-order valence-electron chi connectivity index (χ2n) is 5.43. The van der Waals surface area contributed by atoms with Crippen molar-refractivity contribution in [1.29, 1.82) is 0 Å². The van der Waals surface area contributed by atoms with Gasteiger partial charge in [0.25, 0.3) is 5.91 Å². The normalized spacial score (nSPS) is 17.7. The van der Waals surface area contributed by atoms with E-state index in [0.29, 0.717) is 16.4 Å². The van der Waals surface area contributed by atoms with Gasteiger partial charge < -0.3 is 5.32 Å². The monoisotopic (exact) mass is 328 g/mol. The van der Waals surface area contributed by atoms with Gasteiger partial charge in [0.05, 0.1) is 22.8 Å². The Balaban J connectivity index is 1.87. The highest BCUT2D eigenvalue weighted by molar-refractivity contribution is 6.33. The minimum atomic E-state index is -0.590. The summed E-state index contributed by atoms with van der Waals surface area (Å²) >= 11 is 6.12. The molecule has 2 aromatic carbocycles. The number of imide groups is 1. The van der Waals surface area contributed by atoms with Gasteiger partial charge in [-0.2, -0.15) is 0 Å². The highest BCUT2D eigenvalue weighted by atomic mass is 35.5. The number of anilines is 2. The molecule has 0 saturated carbocycles. The van der Waals surface area contributed by atoms with E-state index in [1.165, 1.54) is 4.90 Å². The number of para-hydroxylation sites is 2. The summed E-state index contributed by atoms with van der Waals surface area (Å²) in [6.07, 6.45) is 0.887. The van der Waals surface area contributed by atoms with Gasteiger partial charge in [0.15, 0.2) is 0 Å². The van der Waals surface area contributed by atoms with Gasteiger partial charge in [-0.3, -0.25) is 9.59 Å². The van der Waals surface area contributed by atoms with E-state index < -0.39 is 6.04 Å². The van der Waals surface area contributed by atoms with Crippen molar-refractivity contribution in [2.24, 2.45) is 0 Å². The Bertz CT molecular complexity index is 760. The van der Waals surface area contributed by atoms with E-state index in [1.807, 2.05) is 43.3 Å². The average Bonchev–Trinajstić information content (AvgIpc) is 2.83. The fourth-order valence-electron chi connectivity index (χ4n) is 2.79. The molecule has 0 bridgehead atoms. The fraction of sp³-hybridized carbons (Fsp3) is 0.222. The first-order chi connectivity index (χ1) is 11.1. The molecule has 0 radical (unpaired) electrons. The van der Waals surface area contributed by atoms with Crippen molar-refractivity contribution in [2.75, 3.05) is 10.2 Å². The first-order valence-electron chi connectivity index (χ1n) is 7.57. The fourth-order valence-corrected chi connectivity index (χ4v) is 2.98. The van der Waals surface area contributed by atoms with Crippen LogP contribution in [0.2, 0.25) is 5.02 Å². The third kappa shape index (κ3) is 2.94. The molecule has 23 heavy (non-hydrogen) atoms. The van der Waals surface area contributed by atoms with Crippen LogP contribution in [-0.4, -0.2) is 17.9 Å². The summed E-state index contributed by atoms with van der Waals surface area (Å²) in [7, 11) is 0. The van der Waals surface area contributed by atoms with Crippen LogP contribution in [0.3, 0.4) is 0 Å². The van der Waals surface area contributed by atoms with E-state index in [-0.39, 0.29) is 18.2 Å². The van der Waals surface area contributed by atoms with E-state index in [0.717, 1.165) is 12.0 Å². The average molecular weight is 329 g/mol. The van der Waals surface area contributed by atoms with Gasteiger partial charge in [0.1, 0.15) is 6.04 Å². The molecule has 1 fully saturated rings. The lowest BCUT2D eigenvalue weighted by atomic mass is 10.1. The van der Waals surface area contributed by atoms with Crippen LogP contribution in [0.5, 0.6) is 0 Å². The molecular weight excluding hydrogens is 312 g/mol. The first kappa shape index (κ1) is 15.6. The lowest BCUT2D eigenvalue weighted by Gasteiger charge is -2.19. The van der Waals surface area contributed by atoms with Crippen molar-refractivity contribution >= 4 is 34.8 Å². The lowest BCUT2D eigenvalue weighted by molar-refractivity contribution is -0.121. The summed E-state index contributed by atoms with van der Waals surface area (Å²) in [4.78, 5) is 26.4. The summed E-state index contributed by atoms with van der Waals surface area (Å²) in [6.45, 7) is 2.00. The molecule has 1 aliphatic rings. The molecule has 4 nitrogen and oxygen atoms in total. The maximum atomic E-state index is 12.7. The number of carbonyl (C=O) groups is 2. The number of nitrogens with one attached hydrogen (secondary N) is 1. The van der Waals surface area contributed by atoms with Crippen LogP contribution in [0.15, 0.2) is 48.5 Å². The summed E-state index contributed by atoms with van der Waals surface area (Å²) < 4.78 is 0. The van der Waals surface area contributed by atoms with Gasteiger partial charge in [-0.05, 0) is 30.2 Å². The zero-order valence-corrected chi connectivity index (χ0v) is 13.5. The smallest absolute Gasteiger partial charge is 0.256 e. The van der Waals surface area contributed by atoms with E-state index in [4.69, 9.17) is 11.6 Å². The van der Waals surface area contributed by atoms with Crippen LogP contribution in [0, 0.1) is 0 Å². The van der Waals surface area contributed by atoms with Crippen LogP contribution in [0.25, 0.3) is 0 Å². The van der Waals surface area contributed by atoms with Crippen molar-refractivity contribution < 1.29 is 9.59 Å². The molecule has 1 atom stereocenters. The van der Waals surface area contributed by atoms with Gasteiger partial charge >= 0.3 is 0 Å². The Hall–Kier alpha value is -2.33. The van der Waals surface area contributed by atoms with E-state index >= 15 is 0 Å². The molecular formula is C18H17ClN2O2. The molecule has 0 aliphatic carbocycles. The minimum absolute atomic E-state index is 0.127. The predicted octanol–water partition coefficient (Wildman–Crippen LogP) is 3.65. The summed E-state index contributed by atoms with van der Waals surface area (Å²) in [6, 6.07) is 14.1. The quantitative estimate of drug-likeness (QED) is 0.872. The highest BCUT2D eigenvalue weighted by Gasteiger charge is 2.40. The van der Waals surface area contributed by atoms with Crippen LogP contribution >= 0.6 is 11.6 Å². The number of hydrogen-bond acceptors (Lipinski definition) is 3. The van der Waals surface area contributed by atoms with Crippen LogP contribution in [0.1, 0.15) is 18.9 Å². The molecule has 0 aromatic heterocycles. The molecule has 1 saturated heterocycles. The van der Waals surface area contributed by atoms with Crippen molar-refractivity contribution in [3.8, 4) is 0 Å². The van der Waals surface area contributed by atoms with Crippen LogP contribution in [0.4, 0.5) is 11.4 Å². The van der Waals surface area contributed by atoms with Gasteiger partial charge in [-0.25, -0.2) is 4.90 Å². The zero-order valence-electron chi connectivity index (χ0n) is 12.8. The molecule has 2 aromatic rings. The SMILES string of the molecule is CCc1ccccc1N1C(=O)CC(Nc2ccccc2Cl)C1=O. The molecule has 1 unspecified atom stereocenters. The number of benzene rings is 2. The Kier molecular flexibility index (Phi) is 4.35. The maximum absolute atomic E-state index is 12.7. The summed E-state index contributed by atoms with van der Waals surface area (Å²) in [5.41, 5.74) is 2.31. The topological polar surface area (TPSA) is 49.4 Å². The molecule has 1 heterocycles. The molecule has 1 N–H and O–H groups in total. The Morgan fingerprint density at radius 1 is 1.13 bits per heavy atom. The van der Waals surface area contributed by atoms with Gasteiger partial charge in [0, 0.05) is 0 Å². The van der Waals surface area contributed by atoms with Gasteiger partial charge in [-0.1, -0.05) is 48.9 Å².